The summed E-state index contributed by atoms with van der Waals surface area (Å²) in [6, 6.07) is -0.0311. The monoisotopic (exact) mass is 274 g/mol. The second kappa shape index (κ2) is 4.87. The highest BCUT2D eigenvalue weighted by Gasteiger charge is 2.37. The van der Waals surface area contributed by atoms with Gasteiger partial charge in [0.05, 0.1) is 12.9 Å². The summed E-state index contributed by atoms with van der Waals surface area (Å²) in [5.74, 6) is -0.000219. The van der Waals surface area contributed by atoms with Crippen molar-refractivity contribution in [2.75, 3.05) is 18.9 Å². The molecule has 0 bridgehead atoms. The van der Waals surface area contributed by atoms with Crippen LogP contribution in [0.2, 0.25) is 0 Å². The van der Waals surface area contributed by atoms with Gasteiger partial charge >= 0.3 is 0 Å². The normalized spacial score (nSPS) is 17.1. The highest BCUT2D eigenvalue weighted by atomic mass is 32.2. The molecule has 0 aromatic carbocycles. The fourth-order valence-electron chi connectivity index (χ4n) is 2.13. The molecule has 1 fully saturated rings. The molecule has 1 heterocycles. The Kier molecular flexibility index (Phi) is 3.60. The second-order valence-electron chi connectivity index (χ2n) is 4.47. The van der Waals surface area contributed by atoms with E-state index in [1.807, 2.05) is 0 Å². The number of nitrogens with two attached hydrogens (primary N) is 1. The first kappa shape index (κ1) is 13.3. The minimum atomic E-state index is -3.69. The van der Waals surface area contributed by atoms with E-state index in [1.54, 1.807) is 7.05 Å². The Hall–Kier alpha value is -1.12. The number of hydrogen-bond donors (Lipinski definition) is 2. The number of anilines is 1. The van der Waals surface area contributed by atoms with E-state index in [0.717, 1.165) is 19.3 Å². The zero-order chi connectivity index (χ0) is 13.3. The standard InChI is InChI=1S/C10H18N4O3S/c1-13-7-12-9(11)10(13)18(16,17)14(5-6-15)8-3-2-4-8/h7-8,15H,2-6,11H2,1H3. The van der Waals surface area contributed by atoms with Crippen molar-refractivity contribution >= 4 is 15.8 Å². The molecule has 18 heavy (non-hydrogen) atoms. The molecule has 1 aromatic rings. The summed E-state index contributed by atoms with van der Waals surface area (Å²) in [5, 5.41) is 9.05. The Morgan fingerprint density at radius 3 is 2.67 bits per heavy atom. The van der Waals surface area contributed by atoms with E-state index < -0.39 is 10.0 Å². The van der Waals surface area contributed by atoms with Gasteiger partial charge in [-0.05, 0) is 12.8 Å². The van der Waals surface area contributed by atoms with Crippen LogP contribution in [0.25, 0.3) is 0 Å². The summed E-state index contributed by atoms with van der Waals surface area (Å²) in [6.45, 7) is -0.106. The van der Waals surface area contributed by atoms with Gasteiger partial charge in [0.15, 0.2) is 10.8 Å². The molecule has 0 unspecified atom stereocenters. The van der Waals surface area contributed by atoms with E-state index in [9.17, 15) is 8.42 Å². The summed E-state index contributed by atoms with van der Waals surface area (Å²) >= 11 is 0. The molecule has 0 amide bonds. The van der Waals surface area contributed by atoms with Crippen LogP contribution in [0, 0.1) is 0 Å². The number of sulfonamides is 1. The molecule has 1 aliphatic rings. The van der Waals surface area contributed by atoms with Crippen molar-refractivity contribution in [1.29, 1.82) is 0 Å². The van der Waals surface area contributed by atoms with Crippen LogP contribution in [-0.2, 0) is 17.1 Å². The van der Waals surface area contributed by atoms with Crippen molar-refractivity contribution in [3.63, 3.8) is 0 Å². The van der Waals surface area contributed by atoms with Crippen molar-refractivity contribution in [3.05, 3.63) is 6.33 Å². The number of imidazole rings is 1. The topological polar surface area (TPSA) is 101 Å². The van der Waals surface area contributed by atoms with Gasteiger partial charge in [-0.1, -0.05) is 6.42 Å². The first-order valence-corrected chi connectivity index (χ1v) is 7.32. The van der Waals surface area contributed by atoms with Crippen molar-refractivity contribution in [3.8, 4) is 0 Å². The highest BCUT2D eigenvalue weighted by molar-refractivity contribution is 7.89. The lowest BCUT2D eigenvalue weighted by Crippen LogP contribution is -2.46. The van der Waals surface area contributed by atoms with Gasteiger partial charge < -0.3 is 15.4 Å². The van der Waals surface area contributed by atoms with Gasteiger partial charge in [0, 0.05) is 19.6 Å². The summed E-state index contributed by atoms with van der Waals surface area (Å²) in [7, 11) is -2.10. The van der Waals surface area contributed by atoms with Gasteiger partial charge in [-0.3, -0.25) is 0 Å². The zero-order valence-corrected chi connectivity index (χ0v) is 11.1. The highest BCUT2D eigenvalue weighted by Crippen LogP contribution is 2.30. The van der Waals surface area contributed by atoms with E-state index >= 15 is 0 Å². The predicted molar refractivity (Wildman–Crippen MR) is 66.2 cm³/mol. The maximum atomic E-state index is 12.5. The summed E-state index contributed by atoms with van der Waals surface area (Å²) < 4.78 is 27.8. The molecule has 102 valence electrons. The molecule has 3 N–H and O–H groups in total. The van der Waals surface area contributed by atoms with Crippen LogP contribution in [-0.4, -0.2) is 46.6 Å². The fourth-order valence-corrected chi connectivity index (χ4v) is 4.01. The number of nitrogens with zero attached hydrogens (tertiary/aromatic N) is 3. The van der Waals surface area contributed by atoms with Crippen molar-refractivity contribution in [1.82, 2.24) is 13.9 Å². The largest absolute Gasteiger partial charge is 0.395 e. The molecule has 1 saturated carbocycles. The lowest BCUT2D eigenvalue weighted by atomic mass is 9.93. The molecule has 0 atom stereocenters. The summed E-state index contributed by atoms with van der Waals surface area (Å²) in [6.07, 6.45) is 4.05. The van der Waals surface area contributed by atoms with Crippen LogP contribution < -0.4 is 5.73 Å². The third-order valence-electron chi connectivity index (χ3n) is 3.26. The van der Waals surface area contributed by atoms with Gasteiger partial charge in [0.2, 0.25) is 0 Å². The molecule has 2 rings (SSSR count). The zero-order valence-electron chi connectivity index (χ0n) is 10.3. The molecule has 8 heteroatoms. The molecule has 1 aliphatic carbocycles. The predicted octanol–water partition coefficient (Wildman–Crippen LogP) is -0.462. The van der Waals surface area contributed by atoms with Crippen LogP contribution in [0.4, 0.5) is 5.82 Å². The Labute approximate surface area is 106 Å². The number of hydrogen-bond acceptors (Lipinski definition) is 5. The van der Waals surface area contributed by atoms with Crippen LogP contribution in [0.15, 0.2) is 11.4 Å². The number of rotatable bonds is 5. The van der Waals surface area contributed by atoms with Gasteiger partial charge in [0.1, 0.15) is 0 Å². The number of aliphatic hydroxyl groups excluding tert-OH is 1. The Morgan fingerprint density at radius 2 is 2.28 bits per heavy atom. The van der Waals surface area contributed by atoms with E-state index in [0.29, 0.717) is 0 Å². The first-order valence-electron chi connectivity index (χ1n) is 5.88. The van der Waals surface area contributed by atoms with Gasteiger partial charge in [-0.15, -0.1) is 0 Å². The van der Waals surface area contributed by atoms with E-state index in [4.69, 9.17) is 10.8 Å². The van der Waals surface area contributed by atoms with Crippen LogP contribution in [0.5, 0.6) is 0 Å². The Morgan fingerprint density at radius 1 is 1.61 bits per heavy atom. The van der Waals surface area contributed by atoms with Gasteiger partial charge in [-0.2, -0.15) is 4.31 Å². The first-order chi connectivity index (χ1) is 8.48. The van der Waals surface area contributed by atoms with Crippen LogP contribution in [0.1, 0.15) is 19.3 Å². The van der Waals surface area contributed by atoms with Crippen molar-refractivity contribution in [2.45, 2.75) is 30.3 Å². The lowest BCUT2D eigenvalue weighted by Gasteiger charge is -2.36. The van der Waals surface area contributed by atoms with E-state index in [2.05, 4.69) is 4.98 Å². The molecule has 0 radical (unpaired) electrons. The summed E-state index contributed by atoms with van der Waals surface area (Å²) in [4.78, 5) is 3.80. The third kappa shape index (κ3) is 2.11. The van der Waals surface area contributed by atoms with Crippen molar-refractivity contribution in [2.24, 2.45) is 7.05 Å². The molecule has 0 aliphatic heterocycles. The van der Waals surface area contributed by atoms with E-state index in [-0.39, 0.29) is 30.0 Å². The van der Waals surface area contributed by atoms with Gasteiger partial charge in [0.25, 0.3) is 10.0 Å². The number of aryl methyl sites for hydroxylation is 1. The smallest absolute Gasteiger partial charge is 0.262 e. The van der Waals surface area contributed by atoms with E-state index in [1.165, 1.54) is 15.2 Å². The fraction of sp³-hybridized carbons (Fsp3) is 0.700. The Bertz CT molecular complexity index is 502. The number of nitrogen functional groups attached to an aromatic ring is 1. The maximum absolute atomic E-state index is 12.5. The quantitative estimate of drug-likeness (QED) is 0.756. The SMILES string of the molecule is Cn1cnc(N)c1S(=O)(=O)N(CCO)C1CCC1. The average molecular weight is 274 g/mol. The molecule has 7 nitrogen and oxygen atoms in total. The molecule has 0 spiro atoms. The minimum absolute atomic E-state index is 0.000219. The van der Waals surface area contributed by atoms with Crippen molar-refractivity contribution < 1.29 is 13.5 Å². The van der Waals surface area contributed by atoms with Crippen LogP contribution >= 0.6 is 0 Å². The lowest BCUT2D eigenvalue weighted by molar-refractivity contribution is 0.177. The second-order valence-corrected chi connectivity index (χ2v) is 6.28. The molecule has 1 aromatic heterocycles. The number of aliphatic hydroxyl groups is 1. The minimum Gasteiger partial charge on any atom is -0.395 e. The molecule has 0 saturated heterocycles. The maximum Gasteiger partial charge on any atom is 0.262 e. The van der Waals surface area contributed by atoms with Crippen LogP contribution in [0.3, 0.4) is 0 Å². The summed E-state index contributed by atoms with van der Waals surface area (Å²) in [5.41, 5.74) is 5.62. The van der Waals surface area contributed by atoms with Gasteiger partial charge in [-0.25, -0.2) is 13.4 Å². The number of aromatic nitrogens is 2. The average Bonchev–Trinajstić information content (AvgIpc) is 2.55. The Balaban J connectivity index is 2.38. The molecular formula is C10H18N4O3S. The third-order valence-corrected chi connectivity index (χ3v) is 5.35. The molecular weight excluding hydrogens is 256 g/mol.